The van der Waals surface area contributed by atoms with Gasteiger partial charge in [-0.25, -0.2) is 0 Å². The average Bonchev–Trinajstić information content (AvgIpc) is 3.44. The van der Waals surface area contributed by atoms with E-state index in [0.29, 0.717) is 6.54 Å². The van der Waals surface area contributed by atoms with Crippen molar-refractivity contribution in [2.45, 2.75) is 38.3 Å². The molecule has 2 saturated carbocycles. The van der Waals surface area contributed by atoms with Gasteiger partial charge in [0.15, 0.2) is 5.96 Å². The van der Waals surface area contributed by atoms with Crippen molar-refractivity contribution in [2.75, 3.05) is 26.7 Å². The van der Waals surface area contributed by atoms with Gasteiger partial charge >= 0.3 is 0 Å². The Hall–Kier alpha value is -1.62. The van der Waals surface area contributed by atoms with Crippen LogP contribution >= 0.6 is 0 Å². The Bertz CT molecular complexity index is 479. The largest absolute Gasteiger partial charge is 0.355 e. The number of aliphatic imine (C=N–C) groups is 1. The molecule has 0 aromatic carbocycles. The molecule has 0 spiro atoms. The number of guanidine groups is 1. The van der Waals surface area contributed by atoms with Crippen LogP contribution in [0.3, 0.4) is 0 Å². The van der Waals surface area contributed by atoms with E-state index in [9.17, 15) is 0 Å². The molecule has 0 saturated heterocycles. The van der Waals surface area contributed by atoms with Gasteiger partial charge in [-0.2, -0.15) is 0 Å². The van der Waals surface area contributed by atoms with Gasteiger partial charge < -0.3 is 10.6 Å². The van der Waals surface area contributed by atoms with E-state index in [1.807, 2.05) is 31.4 Å². The van der Waals surface area contributed by atoms with Crippen LogP contribution in [0.2, 0.25) is 0 Å². The Balaban J connectivity index is 1.37. The number of pyridine rings is 1. The first kappa shape index (κ1) is 15.3. The van der Waals surface area contributed by atoms with Crippen LogP contribution in [0.4, 0.5) is 0 Å². The zero-order chi connectivity index (χ0) is 15.2. The first-order chi connectivity index (χ1) is 10.8. The van der Waals surface area contributed by atoms with E-state index in [-0.39, 0.29) is 0 Å². The Morgan fingerprint density at radius 3 is 2.77 bits per heavy atom. The number of aromatic nitrogens is 1. The Morgan fingerprint density at radius 2 is 2.14 bits per heavy atom. The summed E-state index contributed by atoms with van der Waals surface area (Å²) in [4.78, 5) is 11.3. The Morgan fingerprint density at radius 1 is 1.27 bits per heavy atom. The number of nitrogens with one attached hydrogen (secondary N) is 2. The monoisotopic (exact) mass is 301 g/mol. The molecule has 120 valence electrons. The highest BCUT2D eigenvalue weighted by Crippen LogP contribution is 2.34. The smallest absolute Gasteiger partial charge is 0.191 e. The molecule has 1 heterocycles. The van der Waals surface area contributed by atoms with Crippen LogP contribution in [0.25, 0.3) is 0 Å². The Labute approximate surface area is 133 Å². The quantitative estimate of drug-likeness (QED) is 0.566. The summed E-state index contributed by atoms with van der Waals surface area (Å²) in [6.45, 7) is 4.07. The lowest BCUT2D eigenvalue weighted by molar-refractivity contribution is 0.256. The van der Waals surface area contributed by atoms with Crippen molar-refractivity contribution in [2.24, 2.45) is 10.9 Å². The zero-order valence-corrected chi connectivity index (χ0v) is 13.5. The van der Waals surface area contributed by atoms with E-state index >= 15 is 0 Å². The second-order valence-electron chi connectivity index (χ2n) is 6.34. The molecule has 0 aliphatic heterocycles. The lowest BCUT2D eigenvalue weighted by Crippen LogP contribution is -2.42. The van der Waals surface area contributed by atoms with Crippen molar-refractivity contribution < 1.29 is 0 Å². The standard InChI is InChI=1S/C17H27N5/c1-18-17(21-12-15-4-2-3-9-19-15)20-10-11-22(16-7-8-16)13-14-5-6-14/h2-4,9,14,16H,5-8,10-13H2,1H3,(H2,18,20,21). The predicted octanol–water partition coefficient (Wildman–Crippen LogP) is 1.62. The van der Waals surface area contributed by atoms with Gasteiger partial charge in [-0.3, -0.25) is 14.9 Å². The summed E-state index contributed by atoms with van der Waals surface area (Å²) >= 11 is 0. The molecule has 2 fully saturated rings. The SMILES string of the molecule is CN=C(NCCN(CC1CC1)C1CC1)NCc1ccccn1. The zero-order valence-electron chi connectivity index (χ0n) is 13.5. The van der Waals surface area contributed by atoms with Gasteiger partial charge in [-0.05, 0) is 43.7 Å². The summed E-state index contributed by atoms with van der Waals surface area (Å²) in [5.74, 6) is 1.83. The number of hydrogen-bond donors (Lipinski definition) is 2. The van der Waals surface area contributed by atoms with Crippen LogP contribution in [-0.4, -0.2) is 48.6 Å². The van der Waals surface area contributed by atoms with Gasteiger partial charge in [0.2, 0.25) is 0 Å². The summed E-state index contributed by atoms with van der Waals surface area (Å²) in [5, 5.41) is 6.73. The Kier molecular flexibility index (Phi) is 5.27. The first-order valence-electron chi connectivity index (χ1n) is 8.43. The van der Waals surface area contributed by atoms with E-state index in [1.54, 1.807) is 0 Å². The number of hydrogen-bond acceptors (Lipinski definition) is 3. The van der Waals surface area contributed by atoms with Gasteiger partial charge in [0, 0.05) is 38.9 Å². The van der Waals surface area contributed by atoms with Gasteiger partial charge in [0.05, 0.1) is 12.2 Å². The van der Waals surface area contributed by atoms with Gasteiger partial charge in [-0.1, -0.05) is 6.07 Å². The summed E-state index contributed by atoms with van der Waals surface area (Å²) in [7, 11) is 1.82. The summed E-state index contributed by atoms with van der Waals surface area (Å²) in [6.07, 6.45) is 7.46. The highest BCUT2D eigenvalue weighted by molar-refractivity contribution is 5.79. The van der Waals surface area contributed by atoms with Crippen molar-refractivity contribution in [1.29, 1.82) is 0 Å². The van der Waals surface area contributed by atoms with Gasteiger partial charge in [0.1, 0.15) is 0 Å². The summed E-state index contributed by atoms with van der Waals surface area (Å²) < 4.78 is 0. The summed E-state index contributed by atoms with van der Waals surface area (Å²) in [5.41, 5.74) is 1.03. The van der Waals surface area contributed by atoms with Crippen LogP contribution in [0.1, 0.15) is 31.4 Å². The fourth-order valence-electron chi connectivity index (χ4n) is 2.71. The molecule has 0 bridgehead atoms. The molecule has 1 aromatic heterocycles. The molecular formula is C17H27N5. The minimum Gasteiger partial charge on any atom is -0.355 e. The molecule has 2 aliphatic rings. The third-order valence-electron chi connectivity index (χ3n) is 4.33. The highest BCUT2D eigenvalue weighted by Gasteiger charge is 2.33. The van der Waals surface area contributed by atoms with Crippen molar-refractivity contribution in [3.63, 3.8) is 0 Å². The highest BCUT2D eigenvalue weighted by atomic mass is 15.2. The second kappa shape index (κ2) is 7.58. The molecule has 5 nitrogen and oxygen atoms in total. The van der Waals surface area contributed by atoms with E-state index in [1.165, 1.54) is 32.2 Å². The molecule has 0 radical (unpaired) electrons. The maximum absolute atomic E-state index is 4.31. The lowest BCUT2D eigenvalue weighted by atomic mass is 10.3. The second-order valence-corrected chi connectivity index (χ2v) is 6.34. The minimum atomic E-state index is 0.703. The molecule has 2 N–H and O–H groups in total. The minimum absolute atomic E-state index is 0.703. The molecular weight excluding hydrogens is 274 g/mol. The van der Waals surface area contributed by atoms with Crippen LogP contribution < -0.4 is 10.6 Å². The molecule has 3 rings (SSSR count). The van der Waals surface area contributed by atoms with Crippen molar-refractivity contribution >= 4 is 5.96 Å². The van der Waals surface area contributed by atoms with E-state index in [0.717, 1.165) is 36.7 Å². The fraction of sp³-hybridized carbons (Fsp3) is 0.647. The number of nitrogens with zero attached hydrogens (tertiary/aromatic N) is 3. The molecule has 0 amide bonds. The molecule has 0 atom stereocenters. The molecule has 22 heavy (non-hydrogen) atoms. The summed E-state index contributed by atoms with van der Waals surface area (Å²) in [6, 6.07) is 6.81. The predicted molar refractivity (Wildman–Crippen MR) is 89.8 cm³/mol. The molecule has 2 aliphatic carbocycles. The van der Waals surface area contributed by atoms with Crippen LogP contribution in [0, 0.1) is 5.92 Å². The normalized spacial score (nSPS) is 18.5. The van der Waals surface area contributed by atoms with Gasteiger partial charge in [0.25, 0.3) is 0 Å². The van der Waals surface area contributed by atoms with Gasteiger partial charge in [-0.15, -0.1) is 0 Å². The third-order valence-corrected chi connectivity index (χ3v) is 4.33. The fourth-order valence-corrected chi connectivity index (χ4v) is 2.71. The van der Waals surface area contributed by atoms with Crippen molar-refractivity contribution in [3.8, 4) is 0 Å². The van der Waals surface area contributed by atoms with Crippen LogP contribution in [0.5, 0.6) is 0 Å². The number of rotatable bonds is 8. The molecule has 1 aromatic rings. The topological polar surface area (TPSA) is 52.6 Å². The van der Waals surface area contributed by atoms with E-state index < -0.39 is 0 Å². The van der Waals surface area contributed by atoms with E-state index in [2.05, 4.69) is 25.5 Å². The molecule has 0 unspecified atom stereocenters. The molecule has 5 heteroatoms. The maximum Gasteiger partial charge on any atom is 0.191 e. The first-order valence-corrected chi connectivity index (χ1v) is 8.43. The van der Waals surface area contributed by atoms with Crippen molar-refractivity contribution in [1.82, 2.24) is 20.5 Å². The van der Waals surface area contributed by atoms with Crippen LogP contribution in [-0.2, 0) is 6.54 Å². The van der Waals surface area contributed by atoms with E-state index in [4.69, 9.17) is 0 Å². The van der Waals surface area contributed by atoms with Crippen LogP contribution in [0.15, 0.2) is 29.4 Å². The average molecular weight is 301 g/mol. The lowest BCUT2D eigenvalue weighted by Gasteiger charge is -2.22. The third kappa shape index (κ3) is 4.98. The van der Waals surface area contributed by atoms with Crippen molar-refractivity contribution in [3.05, 3.63) is 30.1 Å². The maximum atomic E-state index is 4.31.